The molecule has 0 saturated heterocycles. The molecule has 3 nitrogen and oxygen atoms in total. The van der Waals surface area contributed by atoms with Crippen LogP contribution in [0.25, 0.3) is 4.91 Å². The molecule has 0 unspecified atom stereocenters. The smallest absolute Gasteiger partial charge is 0.171 e. The first-order chi connectivity index (χ1) is 6.90. The Morgan fingerprint density at radius 1 is 1.27 bits per heavy atom. The van der Waals surface area contributed by atoms with Crippen LogP contribution in [-0.2, 0) is 21.0 Å². The zero-order chi connectivity index (χ0) is 11.5. The second-order valence-corrected chi connectivity index (χ2v) is 6.45. The van der Waals surface area contributed by atoms with Gasteiger partial charge in [0.1, 0.15) is 22.6 Å². The van der Waals surface area contributed by atoms with Crippen molar-refractivity contribution in [3.63, 3.8) is 0 Å². The van der Waals surface area contributed by atoms with Crippen LogP contribution in [0.3, 0.4) is 0 Å². The van der Waals surface area contributed by atoms with Crippen molar-refractivity contribution in [2.75, 3.05) is 12.5 Å². The molecule has 1 rings (SSSR count). The highest BCUT2D eigenvalue weighted by Crippen LogP contribution is 2.21. The van der Waals surface area contributed by atoms with Gasteiger partial charge < -0.3 is 4.55 Å². The second-order valence-electron chi connectivity index (χ2n) is 3.16. The number of rotatable bonds is 3. The zero-order valence-electron chi connectivity index (χ0n) is 8.51. The molecule has 0 aliphatic heterocycles. The minimum absolute atomic E-state index is 0.269. The Balaban J connectivity index is 3.22. The van der Waals surface area contributed by atoms with Crippen molar-refractivity contribution in [1.29, 1.82) is 0 Å². The summed E-state index contributed by atoms with van der Waals surface area (Å²) in [5, 5.41) is 0.811. The van der Waals surface area contributed by atoms with E-state index >= 15 is 0 Å². The van der Waals surface area contributed by atoms with Crippen molar-refractivity contribution in [3.8, 4) is 0 Å². The molecular weight excluding hydrogens is 232 g/mol. The number of hydrogen-bond donors (Lipinski definition) is 0. The lowest BCUT2D eigenvalue weighted by Gasteiger charge is -2.05. The molecule has 1 aromatic carbocycles. The molecule has 0 fully saturated rings. The topological polar surface area (TPSA) is 57.2 Å². The van der Waals surface area contributed by atoms with E-state index in [1.165, 1.54) is 0 Å². The summed E-state index contributed by atoms with van der Waals surface area (Å²) >= 11 is 0. The Morgan fingerprint density at radius 3 is 2.20 bits per heavy atom. The molecule has 0 heterocycles. The molecule has 0 radical (unpaired) electrons. The lowest BCUT2D eigenvalue weighted by molar-refractivity contribution is 0.474. The largest absolute Gasteiger partial charge is 0.744 e. The van der Waals surface area contributed by atoms with Gasteiger partial charge in [-0.3, -0.25) is 0 Å². The summed E-state index contributed by atoms with van der Waals surface area (Å²) in [4.78, 5) is 0.575. The minimum Gasteiger partial charge on any atom is -0.744 e. The van der Waals surface area contributed by atoms with Gasteiger partial charge in [0.2, 0.25) is 0 Å². The Labute approximate surface area is 92.9 Å². The average molecular weight is 244 g/mol. The fourth-order valence-electron chi connectivity index (χ4n) is 1.13. The third-order valence-corrected chi connectivity index (χ3v) is 3.66. The van der Waals surface area contributed by atoms with E-state index < -0.39 is 10.1 Å². The van der Waals surface area contributed by atoms with Crippen molar-refractivity contribution < 1.29 is 13.0 Å². The maximum Gasteiger partial charge on any atom is 0.171 e. The first kappa shape index (κ1) is 12.3. The predicted octanol–water partition coefficient (Wildman–Crippen LogP) is 1.41. The molecular formula is C10H12O3S2. The lowest BCUT2D eigenvalue weighted by atomic mass is 10.2. The molecule has 0 bridgehead atoms. The van der Waals surface area contributed by atoms with Gasteiger partial charge >= 0.3 is 0 Å². The quantitative estimate of drug-likeness (QED) is 0.596. The summed E-state index contributed by atoms with van der Waals surface area (Å²) in [6, 6.07) is 9.06. The van der Waals surface area contributed by atoms with Crippen LogP contribution in [-0.4, -0.2) is 25.5 Å². The number of benzene rings is 1. The van der Waals surface area contributed by atoms with Crippen LogP contribution < -0.4 is 0 Å². The highest BCUT2D eigenvalue weighted by atomic mass is 32.2. The van der Waals surface area contributed by atoms with Gasteiger partial charge in [0.15, 0.2) is 4.91 Å². The van der Waals surface area contributed by atoms with E-state index in [-0.39, 0.29) is 10.9 Å². The van der Waals surface area contributed by atoms with Crippen molar-refractivity contribution >= 4 is 25.9 Å². The maximum absolute atomic E-state index is 10.7. The minimum atomic E-state index is -4.32. The monoisotopic (exact) mass is 244 g/mol. The summed E-state index contributed by atoms with van der Waals surface area (Å²) in [6.45, 7) is 0. The first-order valence-corrected chi connectivity index (χ1v) is 7.72. The third-order valence-electron chi connectivity index (χ3n) is 1.75. The summed E-state index contributed by atoms with van der Waals surface area (Å²) in [6.07, 6.45) is 3.76. The standard InChI is InChI=1S/C10H12O3S2/c1-14(2)10(8-15(11,12)13)9-6-4-3-5-7-9/h3-8H,1-2H3/b10-8+. The molecule has 1 aromatic rings. The second kappa shape index (κ2) is 4.83. The van der Waals surface area contributed by atoms with Crippen molar-refractivity contribution in [2.24, 2.45) is 0 Å². The molecule has 82 valence electrons. The summed E-state index contributed by atoms with van der Waals surface area (Å²) in [7, 11) is -4.59. The van der Waals surface area contributed by atoms with E-state index in [4.69, 9.17) is 0 Å². The van der Waals surface area contributed by atoms with Gasteiger partial charge in [-0.25, -0.2) is 8.42 Å². The lowest BCUT2D eigenvalue weighted by Crippen LogP contribution is -2.03. The molecule has 0 aromatic heterocycles. The van der Waals surface area contributed by atoms with E-state index in [0.29, 0.717) is 4.91 Å². The van der Waals surface area contributed by atoms with E-state index in [9.17, 15) is 13.0 Å². The van der Waals surface area contributed by atoms with E-state index in [1.54, 1.807) is 12.1 Å². The molecule has 0 aliphatic carbocycles. The molecule has 0 atom stereocenters. The van der Waals surface area contributed by atoms with E-state index in [2.05, 4.69) is 0 Å². The Morgan fingerprint density at radius 2 is 1.80 bits per heavy atom. The van der Waals surface area contributed by atoms with Gasteiger partial charge in [-0.15, -0.1) is 0 Å². The van der Waals surface area contributed by atoms with Gasteiger partial charge in [0, 0.05) is 16.5 Å². The Bertz CT molecular complexity index is 447. The summed E-state index contributed by atoms with van der Waals surface area (Å²) in [5.41, 5.74) is 0.783. The van der Waals surface area contributed by atoms with Crippen LogP contribution >= 0.6 is 0 Å². The molecule has 0 spiro atoms. The molecule has 0 aliphatic rings. The highest BCUT2D eigenvalue weighted by Gasteiger charge is 2.16. The fraction of sp³-hybridized carbons (Fsp3) is 0.200. The van der Waals surface area contributed by atoms with Gasteiger partial charge in [0.05, 0.1) is 5.41 Å². The van der Waals surface area contributed by atoms with Gasteiger partial charge in [-0.2, -0.15) is 0 Å². The average Bonchev–Trinajstić information content (AvgIpc) is 2.14. The zero-order valence-corrected chi connectivity index (χ0v) is 10.1. The van der Waals surface area contributed by atoms with Crippen LogP contribution in [0.4, 0.5) is 0 Å². The van der Waals surface area contributed by atoms with Gasteiger partial charge in [-0.1, -0.05) is 18.2 Å². The molecule has 5 heteroatoms. The summed E-state index contributed by atoms with van der Waals surface area (Å²) in [5.74, 6) is 0. The van der Waals surface area contributed by atoms with Crippen LogP contribution in [0.2, 0.25) is 0 Å². The summed E-state index contributed by atoms with van der Waals surface area (Å²) < 4.78 is 32.1. The highest BCUT2D eigenvalue weighted by molar-refractivity contribution is 8.05. The first-order valence-electron chi connectivity index (χ1n) is 4.21. The van der Waals surface area contributed by atoms with Crippen molar-refractivity contribution in [1.82, 2.24) is 0 Å². The number of hydrogen-bond acceptors (Lipinski definition) is 3. The van der Waals surface area contributed by atoms with Crippen molar-refractivity contribution in [3.05, 3.63) is 41.3 Å². The van der Waals surface area contributed by atoms with Crippen molar-refractivity contribution in [2.45, 2.75) is 0 Å². The van der Waals surface area contributed by atoms with Crippen LogP contribution in [0.1, 0.15) is 5.56 Å². The SMILES string of the molecule is C[S+](C)/C(=C/S(=O)(=O)[O-])c1ccccc1. The molecule has 0 N–H and O–H groups in total. The van der Waals surface area contributed by atoms with E-state index in [1.807, 2.05) is 30.7 Å². The van der Waals surface area contributed by atoms with Crippen LogP contribution in [0, 0.1) is 0 Å². The molecule has 15 heavy (non-hydrogen) atoms. The van der Waals surface area contributed by atoms with Crippen LogP contribution in [0.15, 0.2) is 35.7 Å². The van der Waals surface area contributed by atoms with Gasteiger partial charge in [0.25, 0.3) is 0 Å². The van der Waals surface area contributed by atoms with Gasteiger partial charge in [-0.05, 0) is 12.1 Å². The van der Waals surface area contributed by atoms with E-state index in [0.717, 1.165) is 11.0 Å². The normalized spacial score (nSPS) is 13.2. The third kappa shape index (κ3) is 4.07. The molecule has 0 saturated carbocycles. The Kier molecular flexibility index (Phi) is 3.96. The molecule has 0 amide bonds. The van der Waals surface area contributed by atoms with Crippen LogP contribution in [0.5, 0.6) is 0 Å². The Hall–Kier alpha value is -0.780. The predicted molar refractivity (Wildman–Crippen MR) is 63.3 cm³/mol. The maximum atomic E-state index is 10.7. The fourth-order valence-corrected chi connectivity index (χ4v) is 3.26.